The first kappa shape index (κ1) is 26.2. The van der Waals surface area contributed by atoms with Gasteiger partial charge in [0, 0.05) is 38.7 Å². The predicted molar refractivity (Wildman–Crippen MR) is 190 cm³/mol. The molecule has 0 aliphatic heterocycles. The zero-order chi connectivity index (χ0) is 31.3. The number of fused-ring (bicyclic) bond motifs is 10. The topological polar surface area (TPSA) is 52.1 Å². The summed E-state index contributed by atoms with van der Waals surface area (Å²) in [4.78, 5) is 9.78. The molecule has 0 radical (unpaired) electrons. The molecule has 0 saturated heterocycles. The Labute approximate surface area is 271 Å². The van der Waals surface area contributed by atoms with Crippen LogP contribution in [0.2, 0.25) is 0 Å². The number of benzene rings is 5. The van der Waals surface area contributed by atoms with E-state index in [1.807, 2.05) is 30.5 Å². The highest BCUT2D eigenvalue weighted by atomic mass is 16.4. The Hall–Kier alpha value is -6.00. The standard InChI is InChI=1S/C43H28N2O2/c1-43(2)34-7-5-23-44-39(34)40-35(43)20-21-36(45-40)28-15-13-26(14-16-28)25-9-11-27(12-10-25)29-17-22-38-33(24-29)32-19-18-31-30-6-3-4-8-37(30)46-41(31)42(32)47-38/h3-24H,1-2H3. The van der Waals surface area contributed by atoms with Crippen molar-refractivity contribution in [1.29, 1.82) is 0 Å². The van der Waals surface area contributed by atoms with Gasteiger partial charge in [0.05, 0.1) is 17.1 Å². The van der Waals surface area contributed by atoms with Gasteiger partial charge < -0.3 is 8.83 Å². The predicted octanol–water partition coefficient (Wildman–Crippen LogP) is 11.6. The summed E-state index contributed by atoms with van der Waals surface area (Å²) in [7, 11) is 0. The van der Waals surface area contributed by atoms with Crippen molar-refractivity contribution >= 4 is 43.9 Å². The summed E-state index contributed by atoms with van der Waals surface area (Å²) in [5, 5.41) is 4.33. The van der Waals surface area contributed by atoms with Crippen LogP contribution in [0.25, 0.3) is 88.8 Å². The zero-order valence-corrected chi connectivity index (χ0v) is 25.9. The molecule has 0 atom stereocenters. The summed E-state index contributed by atoms with van der Waals surface area (Å²) < 4.78 is 12.6. The van der Waals surface area contributed by atoms with Gasteiger partial charge in [-0.15, -0.1) is 0 Å². The van der Waals surface area contributed by atoms with Gasteiger partial charge in [-0.1, -0.05) is 98.8 Å². The fourth-order valence-corrected chi connectivity index (χ4v) is 7.43. The third-order valence-electron chi connectivity index (χ3n) is 9.99. The van der Waals surface area contributed by atoms with Crippen molar-refractivity contribution in [2.24, 2.45) is 0 Å². The van der Waals surface area contributed by atoms with Gasteiger partial charge in [0.15, 0.2) is 11.2 Å². The van der Waals surface area contributed by atoms with E-state index in [-0.39, 0.29) is 5.41 Å². The van der Waals surface area contributed by atoms with Gasteiger partial charge in [0.2, 0.25) is 0 Å². The molecule has 4 heteroatoms. The summed E-state index contributed by atoms with van der Waals surface area (Å²) in [5.41, 5.74) is 14.4. The van der Waals surface area contributed by atoms with Crippen LogP contribution in [0.5, 0.6) is 0 Å². The molecule has 0 unspecified atom stereocenters. The maximum Gasteiger partial charge on any atom is 0.178 e. The second-order valence-corrected chi connectivity index (χ2v) is 13.0. The molecule has 4 heterocycles. The Morgan fingerprint density at radius 2 is 1.06 bits per heavy atom. The van der Waals surface area contributed by atoms with Crippen molar-refractivity contribution in [1.82, 2.24) is 9.97 Å². The SMILES string of the molecule is CC1(C)c2cccnc2-c2nc(-c3ccc(-c4ccc(-c5ccc6oc7c(ccc8c9ccccc9oc87)c6c5)cc4)cc3)ccc21. The Morgan fingerprint density at radius 1 is 0.468 bits per heavy atom. The number of hydrogen-bond donors (Lipinski definition) is 0. The van der Waals surface area contributed by atoms with E-state index in [0.717, 1.165) is 77.6 Å². The van der Waals surface area contributed by atoms with Crippen molar-refractivity contribution in [3.05, 3.63) is 145 Å². The fraction of sp³-hybridized carbons (Fsp3) is 0.0698. The number of rotatable bonds is 3. The van der Waals surface area contributed by atoms with Crippen LogP contribution in [-0.2, 0) is 5.41 Å². The number of furan rings is 2. The van der Waals surface area contributed by atoms with E-state index in [0.29, 0.717) is 0 Å². The molecule has 0 amide bonds. The average Bonchev–Trinajstić information content (AvgIpc) is 3.76. The van der Waals surface area contributed by atoms with Crippen molar-refractivity contribution < 1.29 is 8.83 Å². The number of para-hydroxylation sites is 1. The number of pyridine rings is 2. The Kier molecular flexibility index (Phi) is 5.31. The lowest BCUT2D eigenvalue weighted by Crippen LogP contribution is -2.15. The molecule has 10 rings (SSSR count). The maximum absolute atomic E-state index is 6.35. The molecule has 0 fully saturated rings. The highest BCUT2D eigenvalue weighted by Gasteiger charge is 2.37. The molecule has 9 aromatic rings. The summed E-state index contributed by atoms with van der Waals surface area (Å²) in [5.74, 6) is 0. The lowest BCUT2D eigenvalue weighted by molar-refractivity contribution is 0.633. The van der Waals surface area contributed by atoms with Crippen LogP contribution in [0.15, 0.2) is 142 Å². The van der Waals surface area contributed by atoms with E-state index in [2.05, 4.69) is 122 Å². The smallest absolute Gasteiger partial charge is 0.178 e. The van der Waals surface area contributed by atoms with Crippen molar-refractivity contribution in [3.8, 4) is 44.9 Å². The quantitative estimate of drug-likeness (QED) is 0.201. The Morgan fingerprint density at radius 3 is 1.81 bits per heavy atom. The molecule has 0 saturated carbocycles. The molecule has 0 spiro atoms. The first-order valence-corrected chi connectivity index (χ1v) is 16.0. The first-order chi connectivity index (χ1) is 23.0. The van der Waals surface area contributed by atoms with Gasteiger partial charge in [-0.3, -0.25) is 4.98 Å². The van der Waals surface area contributed by atoms with Crippen LogP contribution in [0.4, 0.5) is 0 Å². The van der Waals surface area contributed by atoms with Crippen LogP contribution in [0.1, 0.15) is 25.0 Å². The van der Waals surface area contributed by atoms with Crippen LogP contribution >= 0.6 is 0 Å². The monoisotopic (exact) mass is 604 g/mol. The van der Waals surface area contributed by atoms with Crippen LogP contribution < -0.4 is 0 Å². The number of aromatic nitrogens is 2. The molecule has 4 aromatic heterocycles. The lowest BCUT2D eigenvalue weighted by Gasteiger charge is -2.20. The Balaban J connectivity index is 0.954. The first-order valence-electron chi connectivity index (χ1n) is 16.0. The molecule has 5 aromatic carbocycles. The molecular weight excluding hydrogens is 576 g/mol. The minimum Gasteiger partial charge on any atom is -0.452 e. The summed E-state index contributed by atoms with van der Waals surface area (Å²) in [6.45, 7) is 4.50. The molecule has 47 heavy (non-hydrogen) atoms. The van der Waals surface area contributed by atoms with Gasteiger partial charge in [-0.05, 0) is 75.8 Å². The highest BCUT2D eigenvalue weighted by Crippen LogP contribution is 2.47. The summed E-state index contributed by atoms with van der Waals surface area (Å²) in [6, 6.07) is 44.8. The highest BCUT2D eigenvalue weighted by molar-refractivity contribution is 6.19. The summed E-state index contributed by atoms with van der Waals surface area (Å²) >= 11 is 0. The minimum absolute atomic E-state index is 0.0965. The van der Waals surface area contributed by atoms with E-state index in [1.54, 1.807) is 0 Å². The normalized spacial score (nSPS) is 13.5. The molecule has 4 nitrogen and oxygen atoms in total. The van der Waals surface area contributed by atoms with E-state index in [9.17, 15) is 0 Å². The van der Waals surface area contributed by atoms with Crippen LogP contribution in [0, 0.1) is 0 Å². The van der Waals surface area contributed by atoms with Crippen LogP contribution in [-0.4, -0.2) is 9.97 Å². The van der Waals surface area contributed by atoms with E-state index in [4.69, 9.17) is 13.8 Å². The zero-order valence-electron chi connectivity index (χ0n) is 25.9. The van der Waals surface area contributed by atoms with Gasteiger partial charge >= 0.3 is 0 Å². The van der Waals surface area contributed by atoms with Crippen LogP contribution in [0.3, 0.4) is 0 Å². The van der Waals surface area contributed by atoms with Crippen molar-refractivity contribution in [3.63, 3.8) is 0 Å². The number of nitrogens with zero attached hydrogens (tertiary/aromatic N) is 2. The third-order valence-corrected chi connectivity index (χ3v) is 9.99. The van der Waals surface area contributed by atoms with Gasteiger partial charge in [0.1, 0.15) is 11.2 Å². The molecule has 1 aliphatic rings. The lowest BCUT2D eigenvalue weighted by atomic mass is 9.83. The molecule has 0 N–H and O–H groups in total. The van der Waals surface area contributed by atoms with Crippen molar-refractivity contribution in [2.45, 2.75) is 19.3 Å². The van der Waals surface area contributed by atoms with Gasteiger partial charge in [-0.25, -0.2) is 4.98 Å². The number of hydrogen-bond acceptors (Lipinski definition) is 4. The van der Waals surface area contributed by atoms with E-state index < -0.39 is 0 Å². The van der Waals surface area contributed by atoms with E-state index in [1.165, 1.54) is 22.3 Å². The van der Waals surface area contributed by atoms with E-state index >= 15 is 0 Å². The molecule has 0 bridgehead atoms. The molecular formula is C43H28N2O2. The third kappa shape index (κ3) is 3.82. The minimum atomic E-state index is -0.0965. The molecule has 1 aliphatic carbocycles. The molecule has 222 valence electrons. The second-order valence-electron chi connectivity index (χ2n) is 13.0. The van der Waals surface area contributed by atoms with Gasteiger partial charge in [-0.2, -0.15) is 0 Å². The van der Waals surface area contributed by atoms with Crippen molar-refractivity contribution in [2.75, 3.05) is 0 Å². The summed E-state index contributed by atoms with van der Waals surface area (Å²) in [6.07, 6.45) is 1.86. The maximum atomic E-state index is 6.35. The Bertz CT molecular complexity index is 2690. The average molecular weight is 605 g/mol. The second kappa shape index (κ2) is 9.51. The fourth-order valence-electron chi connectivity index (χ4n) is 7.43. The van der Waals surface area contributed by atoms with Gasteiger partial charge in [0.25, 0.3) is 0 Å². The largest absolute Gasteiger partial charge is 0.452 e.